The molecular weight excluding hydrogens is 234 g/mol. The minimum atomic E-state index is -0.0654. The summed E-state index contributed by atoms with van der Waals surface area (Å²) in [7, 11) is 0. The van der Waals surface area contributed by atoms with Crippen molar-refractivity contribution in [1.29, 1.82) is 0 Å². The monoisotopic (exact) mass is 255 g/mol. The van der Waals surface area contributed by atoms with Gasteiger partial charge in [0.25, 0.3) is 0 Å². The van der Waals surface area contributed by atoms with Gasteiger partial charge in [-0.15, -0.1) is 0 Å². The van der Waals surface area contributed by atoms with Crippen molar-refractivity contribution < 1.29 is 5.11 Å². The Labute approximate surface area is 114 Å². The van der Waals surface area contributed by atoms with Crippen molar-refractivity contribution >= 4 is 10.8 Å². The van der Waals surface area contributed by atoms with E-state index in [1.165, 1.54) is 16.3 Å². The Kier molecular flexibility index (Phi) is 3.81. The highest BCUT2D eigenvalue weighted by Crippen LogP contribution is 2.25. The number of hydrogen-bond donors (Lipinski definition) is 2. The molecular formula is C17H21NO. The first-order valence-electron chi connectivity index (χ1n) is 7.18. The zero-order chi connectivity index (χ0) is 13.1. The summed E-state index contributed by atoms with van der Waals surface area (Å²) in [5, 5.41) is 15.7. The van der Waals surface area contributed by atoms with Crippen LogP contribution >= 0.6 is 0 Å². The van der Waals surface area contributed by atoms with Gasteiger partial charge in [-0.3, -0.25) is 0 Å². The summed E-state index contributed by atoms with van der Waals surface area (Å²) in [5.41, 5.74) is 1.36. The van der Waals surface area contributed by atoms with Crippen LogP contribution in [-0.4, -0.2) is 17.8 Å². The van der Waals surface area contributed by atoms with Crippen LogP contribution in [0.15, 0.2) is 42.5 Å². The van der Waals surface area contributed by atoms with Crippen LogP contribution in [0.3, 0.4) is 0 Å². The van der Waals surface area contributed by atoms with Gasteiger partial charge in [0.15, 0.2) is 0 Å². The van der Waals surface area contributed by atoms with Gasteiger partial charge in [0.2, 0.25) is 0 Å². The first-order chi connectivity index (χ1) is 9.33. The summed E-state index contributed by atoms with van der Waals surface area (Å²) in [4.78, 5) is 0. The molecule has 1 aliphatic carbocycles. The van der Waals surface area contributed by atoms with Crippen LogP contribution in [0.2, 0.25) is 0 Å². The van der Waals surface area contributed by atoms with Gasteiger partial charge in [0, 0.05) is 6.54 Å². The van der Waals surface area contributed by atoms with Crippen molar-refractivity contribution in [3.05, 3.63) is 48.0 Å². The maximum atomic E-state index is 9.53. The molecule has 0 bridgehead atoms. The molecule has 3 rings (SSSR count). The molecule has 0 aromatic heterocycles. The van der Waals surface area contributed by atoms with Gasteiger partial charge < -0.3 is 10.4 Å². The molecule has 2 unspecified atom stereocenters. The Balaban J connectivity index is 1.62. The number of hydrogen-bond acceptors (Lipinski definition) is 2. The fourth-order valence-electron chi connectivity index (χ4n) is 3.09. The van der Waals surface area contributed by atoms with E-state index in [9.17, 15) is 5.11 Å². The number of rotatable bonds is 4. The largest absolute Gasteiger partial charge is 0.393 e. The van der Waals surface area contributed by atoms with Crippen molar-refractivity contribution in [3.8, 4) is 0 Å². The van der Waals surface area contributed by atoms with E-state index in [0.717, 1.165) is 32.4 Å². The van der Waals surface area contributed by atoms with Gasteiger partial charge in [0.1, 0.15) is 0 Å². The maximum absolute atomic E-state index is 9.53. The third-order valence-corrected chi connectivity index (χ3v) is 4.14. The predicted molar refractivity (Wildman–Crippen MR) is 79.0 cm³/mol. The smallest absolute Gasteiger partial charge is 0.0543 e. The summed E-state index contributed by atoms with van der Waals surface area (Å²) < 4.78 is 0. The topological polar surface area (TPSA) is 32.3 Å². The van der Waals surface area contributed by atoms with E-state index in [1.807, 2.05) is 0 Å². The molecule has 1 fully saturated rings. The van der Waals surface area contributed by atoms with E-state index in [2.05, 4.69) is 47.8 Å². The van der Waals surface area contributed by atoms with Crippen molar-refractivity contribution in [2.24, 2.45) is 5.92 Å². The van der Waals surface area contributed by atoms with Crippen molar-refractivity contribution in [2.75, 3.05) is 6.54 Å². The summed E-state index contributed by atoms with van der Waals surface area (Å²) in [5.74, 6) is 0.643. The van der Waals surface area contributed by atoms with Crippen molar-refractivity contribution in [2.45, 2.75) is 31.9 Å². The van der Waals surface area contributed by atoms with E-state index in [4.69, 9.17) is 0 Å². The molecule has 2 aromatic carbocycles. The van der Waals surface area contributed by atoms with E-state index in [0.29, 0.717) is 5.92 Å². The average molecular weight is 255 g/mol. The van der Waals surface area contributed by atoms with Crippen molar-refractivity contribution in [1.82, 2.24) is 5.32 Å². The van der Waals surface area contributed by atoms with Crippen LogP contribution in [0, 0.1) is 5.92 Å². The lowest BCUT2D eigenvalue weighted by Gasteiger charge is -2.12. The Morgan fingerprint density at radius 3 is 2.74 bits per heavy atom. The van der Waals surface area contributed by atoms with Crippen LogP contribution in [-0.2, 0) is 6.54 Å². The van der Waals surface area contributed by atoms with Gasteiger partial charge in [0.05, 0.1) is 6.10 Å². The number of aliphatic hydroxyl groups is 1. The Bertz CT molecular complexity index is 546. The lowest BCUT2D eigenvalue weighted by Crippen LogP contribution is -2.21. The van der Waals surface area contributed by atoms with E-state index >= 15 is 0 Å². The molecule has 0 amide bonds. The van der Waals surface area contributed by atoms with Gasteiger partial charge in [-0.05, 0) is 48.1 Å². The highest BCUT2D eigenvalue weighted by molar-refractivity contribution is 5.85. The molecule has 0 heterocycles. The lowest BCUT2D eigenvalue weighted by atomic mass is 10.0. The minimum Gasteiger partial charge on any atom is -0.393 e. The molecule has 1 saturated carbocycles. The molecule has 0 saturated heterocycles. The van der Waals surface area contributed by atoms with Crippen LogP contribution in [0.4, 0.5) is 0 Å². The summed E-state index contributed by atoms with van der Waals surface area (Å²) in [6.07, 6.45) is 3.02. The average Bonchev–Trinajstić information content (AvgIpc) is 2.85. The zero-order valence-corrected chi connectivity index (χ0v) is 11.2. The van der Waals surface area contributed by atoms with Crippen molar-refractivity contribution in [3.63, 3.8) is 0 Å². The van der Waals surface area contributed by atoms with Crippen LogP contribution in [0.25, 0.3) is 10.8 Å². The quantitative estimate of drug-likeness (QED) is 0.880. The molecule has 2 heteroatoms. The van der Waals surface area contributed by atoms with Crippen LogP contribution in [0.1, 0.15) is 24.8 Å². The SMILES string of the molecule is OC1CCC(CNCc2cccc3ccccc23)C1. The maximum Gasteiger partial charge on any atom is 0.0543 e. The third-order valence-electron chi connectivity index (χ3n) is 4.14. The molecule has 2 N–H and O–H groups in total. The van der Waals surface area contributed by atoms with Gasteiger partial charge in [-0.25, -0.2) is 0 Å². The van der Waals surface area contributed by atoms with E-state index in [1.54, 1.807) is 0 Å². The van der Waals surface area contributed by atoms with E-state index < -0.39 is 0 Å². The molecule has 2 nitrogen and oxygen atoms in total. The summed E-state index contributed by atoms with van der Waals surface area (Å²) in [6, 6.07) is 15.0. The second kappa shape index (κ2) is 5.72. The van der Waals surface area contributed by atoms with Gasteiger partial charge >= 0.3 is 0 Å². The standard InChI is InChI=1S/C17H21NO/c19-16-9-8-13(10-16)11-18-12-15-6-3-5-14-4-1-2-7-17(14)15/h1-7,13,16,18-19H,8-12H2. The van der Waals surface area contributed by atoms with Crippen LogP contribution in [0.5, 0.6) is 0 Å². The van der Waals surface area contributed by atoms with Crippen LogP contribution < -0.4 is 5.32 Å². The Morgan fingerprint density at radius 2 is 1.89 bits per heavy atom. The number of benzene rings is 2. The molecule has 0 spiro atoms. The Morgan fingerprint density at radius 1 is 1.05 bits per heavy atom. The molecule has 0 radical (unpaired) electrons. The second-order valence-electron chi connectivity index (χ2n) is 5.60. The molecule has 1 aliphatic rings. The molecule has 19 heavy (non-hydrogen) atoms. The number of fused-ring (bicyclic) bond motifs is 1. The third kappa shape index (κ3) is 2.96. The van der Waals surface area contributed by atoms with Gasteiger partial charge in [-0.2, -0.15) is 0 Å². The predicted octanol–water partition coefficient (Wildman–Crippen LogP) is 3.09. The molecule has 100 valence electrons. The molecule has 2 atom stereocenters. The number of nitrogens with one attached hydrogen (secondary N) is 1. The zero-order valence-electron chi connectivity index (χ0n) is 11.2. The highest BCUT2D eigenvalue weighted by atomic mass is 16.3. The first-order valence-corrected chi connectivity index (χ1v) is 7.18. The molecule has 2 aromatic rings. The fraction of sp³-hybridized carbons (Fsp3) is 0.412. The molecule has 0 aliphatic heterocycles. The van der Waals surface area contributed by atoms with Gasteiger partial charge in [-0.1, -0.05) is 42.5 Å². The fourth-order valence-corrected chi connectivity index (χ4v) is 3.09. The summed E-state index contributed by atoms with van der Waals surface area (Å²) in [6.45, 7) is 1.92. The summed E-state index contributed by atoms with van der Waals surface area (Å²) >= 11 is 0. The number of aliphatic hydroxyl groups excluding tert-OH is 1. The normalized spacial score (nSPS) is 23.0. The Hall–Kier alpha value is -1.38. The lowest BCUT2D eigenvalue weighted by molar-refractivity contribution is 0.177. The minimum absolute atomic E-state index is 0.0654. The van der Waals surface area contributed by atoms with E-state index in [-0.39, 0.29) is 6.10 Å². The highest BCUT2D eigenvalue weighted by Gasteiger charge is 2.21. The second-order valence-corrected chi connectivity index (χ2v) is 5.60. The first kappa shape index (κ1) is 12.6.